The Morgan fingerprint density at radius 2 is 1.94 bits per heavy atom. The summed E-state index contributed by atoms with van der Waals surface area (Å²) < 4.78 is 0. The van der Waals surface area contributed by atoms with Crippen molar-refractivity contribution < 1.29 is 0 Å². The van der Waals surface area contributed by atoms with Crippen LogP contribution in [0.15, 0.2) is 0 Å². The maximum Gasteiger partial charge on any atom is 0.0207 e. The zero-order valence-electron chi connectivity index (χ0n) is 11.4. The molecule has 0 bridgehead atoms. The largest absolute Gasteiger partial charge is 0.312 e. The van der Waals surface area contributed by atoms with Gasteiger partial charge in [0.05, 0.1) is 0 Å². The molecule has 0 spiro atoms. The number of hydrogen-bond donors (Lipinski definition) is 1. The predicted molar refractivity (Wildman–Crippen MR) is 69.6 cm³/mol. The van der Waals surface area contributed by atoms with Gasteiger partial charge in [-0.15, -0.1) is 0 Å². The molecule has 2 nitrogen and oxygen atoms in total. The number of rotatable bonds is 5. The third-order valence-electron chi connectivity index (χ3n) is 4.81. The highest BCUT2D eigenvalue weighted by Crippen LogP contribution is 2.51. The fourth-order valence-corrected chi connectivity index (χ4v) is 2.89. The van der Waals surface area contributed by atoms with Crippen LogP contribution >= 0.6 is 0 Å². The molecule has 0 aromatic carbocycles. The van der Waals surface area contributed by atoms with Crippen molar-refractivity contribution in [2.75, 3.05) is 19.6 Å². The van der Waals surface area contributed by atoms with Crippen LogP contribution < -0.4 is 5.32 Å². The molecule has 1 aliphatic heterocycles. The summed E-state index contributed by atoms with van der Waals surface area (Å²) in [5, 5.41) is 3.81. The zero-order chi connectivity index (χ0) is 11.8. The van der Waals surface area contributed by atoms with Crippen molar-refractivity contribution in [3.63, 3.8) is 0 Å². The molecule has 1 atom stereocenters. The highest BCUT2D eigenvalue weighted by Gasteiger charge is 2.45. The molecule has 16 heavy (non-hydrogen) atoms. The molecule has 1 saturated heterocycles. The summed E-state index contributed by atoms with van der Waals surface area (Å²) in [7, 11) is 0. The second kappa shape index (κ2) is 4.66. The lowest BCUT2D eigenvalue weighted by Crippen LogP contribution is -2.39. The van der Waals surface area contributed by atoms with Gasteiger partial charge in [-0.2, -0.15) is 0 Å². The molecule has 0 aromatic rings. The molecule has 1 aliphatic carbocycles. The summed E-state index contributed by atoms with van der Waals surface area (Å²) in [6.45, 7) is 13.2. The fraction of sp³-hybridized carbons (Fsp3) is 1.00. The van der Waals surface area contributed by atoms with Gasteiger partial charge in [0.1, 0.15) is 0 Å². The Morgan fingerprint density at radius 1 is 1.25 bits per heavy atom. The van der Waals surface area contributed by atoms with E-state index in [0.717, 1.165) is 12.0 Å². The second-order valence-electron chi connectivity index (χ2n) is 6.47. The average molecular weight is 224 g/mol. The molecular formula is C14H28N2. The molecule has 2 aliphatic rings. The topological polar surface area (TPSA) is 15.3 Å². The van der Waals surface area contributed by atoms with Gasteiger partial charge in [0.2, 0.25) is 0 Å². The second-order valence-corrected chi connectivity index (χ2v) is 6.47. The molecule has 2 rings (SSSR count). The number of hydrogen-bond acceptors (Lipinski definition) is 2. The average Bonchev–Trinajstić information content (AvgIpc) is 2.87. The summed E-state index contributed by atoms with van der Waals surface area (Å²) in [5.41, 5.74) is 0.658. The normalized spacial score (nSPS) is 29.2. The number of likely N-dealkylation sites (tertiary alicyclic amines) is 1. The van der Waals surface area contributed by atoms with Gasteiger partial charge in [-0.1, -0.05) is 13.8 Å². The minimum atomic E-state index is 0.658. The van der Waals surface area contributed by atoms with Gasteiger partial charge in [0.25, 0.3) is 0 Å². The van der Waals surface area contributed by atoms with Crippen molar-refractivity contribution in [1.82, 2.24) is 10.2 Å². The lowest BCUT2D eigenvalue weighted by atomic mass is 9.92. The van der Waals surface area contributed by atoms with Gasteiger partial charge in [-0.05, 0) is 51.0 Å². The first-order chi connectivity index (χ1) is 7.53. The molecule has 1 heterocycles. The van der Waals surface area contributed by atoms with Crippen LogP contribution in [0.1, 0.15) is 47.0 Å². The first-order valence-corrected chi connectivity index (χ1v) is 7.01. The van der Waals surface area contributed by atoms with E-state index < -0.39 is 0 Å². The van der Waals surface area contributed by atoms with Crippen molar-refractivity contribution in [3.05, 3.63) is 0 Å². The van der Waals surface area contributed by atoms with Crippen LogP contribution in [0.25, 0.3) is 0 Å². The molecular weight excluding hydrogens is 196 g/mol. The van der Waals surface area contributed by atoms with Crippen molar-refractivity contribution in [3.8, 4) is 0 Å². The van der Waals surface area contributed by atoms with Gasteiger partial charge in [-0.25, -0.2) is 0 Å². The molecule has 0 aromatic heterocycles. The Balaban J connectivity index is 1.72. The lowest BCUT2D eigenvalue weighted by molar-refractivity contribution is 0.261. The molecule has 1 N–H and O–H groups in total. The van der Waals surface area contributed by atoms with Gasteiger partial charge in [0.15, 0.2) is 0 Å². The van der Waals surface area contributed by atoms with E-state index in [2.05, 4.69) is 37.9 Å². The van der Waals surface area contributed by atoms with Crippen LogP contribution in [0.4, 0.5) is 0 Å². The van der Waals surface area contributed by atoms with Crippen LogP contribution in [0.2, 0.25) is 0 Å². The monoisotopic (exact) mass is 224 g/mol. The summed E-state index contributed by atoms with van der Waals surface area (Å²) in [6, 6.07) is 1.46. The van der Waals surface area contributed by atoms with Crippen molar-refractivity contribution >= 4 is 0 Å². The van der Waals surface area contributed by atoms with Gasteiger partial charge < -0.3 is 5.32 Å². The van der Waals surface area contributed by atoms with Crippen molar-refractivity contribution in [2.24, 2.45) is 11.3 Å². The van der Waals surface area contributed by atoms with Gasteiger partial charge in [-0.3, -0.25) is 4.90 Å². The van der Waals surface area contributed by atoms with Crippen LogP contribution in [0.3, 0.4) is 0 Å². The van der Waals surface area contributed by atoms with Crippen molar-refractivity contribution in [2.45, 2.75) is 59.0 Å². The first kappa shape index (κ1) is 12.4. The summed E-state index contributed by atoms with van der Waals surface area (Å²) in [6.07, 6.45) is 4.23. The molecule has 1 saturated carbocycles. The summed E-state index contributed by atoms with van der Waals surface area (Å²) in [5.74, 6) is 0.850. The van der Waals surface area contributed by atoms with Crippen LogP contribution in [-0.4, -0.2) is 36.6 Å². The van der Waals surface area contributed by atoms with E-state index in [0.29, 0.717) is 11.5 Å². The number of nitrogens with zero attached hydrogens (tertiary/aromatic N) is 1. The Bertz CT molecular complexity index is 231. The Labute approximate surface area is 101 Å². The molecule has 0 radical (unpaired) electrons. The molecule has 2 heteroatoms. The SMILES string of the molecule is CC(C)N1CCC(NCC2(C(C)C)CC2)C1. The highest BCUT2D eigenvalue weighted by atomic mass is 15.2. The minimum absolute atomic E-state index is 0.658. The van der Waals surface area contributed by atoms with Gasteiger partial charge >= 0.3 is 0 Å². The lowest BCUT2D eigenvalue weighted by Gasteiger charge is -2.24. The van der Waals surface area contributed by atoms with Crippen LogP contribution in [-0.2, 0) is 0 Å². The van der Waals surface area contributed by atoms with E-state index in [1.807, 2.05) is 0 Å². The zero-order valence-corrected chi connectivity index (χ0v) is 11.4. The van der Waals surface area contributed by atoms with Crippen LogP contribution in [0, 0.1) is 11.3 Å². The van der Waals surface area contributed by atoms with E-state index in [4.69, 9.17) is 0 Å². The number of nitrogens with one attached hydrogen (secondary N) is 1. The molecule has 2 fully saturated rings. The fourth-order valence-electron chi connectivity index (χ4n) is 2.89. The quantitative estimate of drug-likeness (QED) is 0.772. The maximum absolute atomic E-state index is 3.81. The standard InChI is InChI=1S/C14H28N2/c1-11(2)14(6-7-14)10-15-13-5-8-16(9-13)12(3)4/h11-13,15H,5-10H2,1-4H3. The smallest absolute Gasteiger partial charge is 0.0207 e. The van der Waals surface area contributed by atoms with E-state index >= 15 is 0 Å². The predicted octanol–water partition coefficient (Wildman–Crippen LogP) is 2.49. The maximum atomic E-state index is 3.81. The molecule has 0 amide bonds. The van der Waals surface area contributed by atoms with E-state index in [9.17, 15) is 0 Å². The third kappa shape index (κ3) is 2.60. The first-order valence-electron chi connectivity index (χ1n) is 7.01. The third-order valence-corrected chi connectivity index (χ3v) is 4.81. The highest BCUT2D eigenvalue weighted by molar-refractivity contribution is 4.98. The Morgan fingerprint density at radius 3 is 2.38 bits per heavy atom. The van der Waals surface area contributed by atoms with Gasteiger partial charge in [0, 0.05) is 25.2 Å². The van der Waals surface area contributed by atoms with Crippen LogP contribution in [0.5, 0.6) is 0 Å². The summed E-state index contributed by atoms with van der Waals surface area (Å²) >= 11 is 0. The minimum Gasteiger partial charge on any atom is -0.312 e. The molecule has 1 unspecified atom stereocenters. The summed E-state index contributed by atoms with van der Waals surface area (Å²) in [4.78, 5) is 2.59. The van der Waals surface area contributed by atoms with E-state index in [-0.39, 0.29) is 0 Å². The Hall–Kier alpha value is -0.0800. The molecule has 94 valence electrons. The van der Waals surface area contributed by atoms with E-state index in [1.54, 1.807) is 0 Å². The Kier molecular flexibility index (Phi) is 3.60. The van der Waals surface area contributed by atoms with Crippen molar-refractivity contribution in [1.29, 1.82) is 0 Å². The van der Waals surface area contributed by atoms with E-state index in [1.165, 1.54) is 38.9 Å².